The van der Waals surface area contributed by atoms with Crippen LogP contribution in [0.15, 0.2) is 66.7 Å². The Morgan fingerprint density at radius 1 is 0.437 bits per heavy atom. The van der Waals surface area contributed by atoms with Crippen LogP contribution in [-0.2, 0) is 49.7 Å². The lowest BCUT2D eigenvalue weighted by molar-refractivity contribution is 0.331. The van der Waals surface area contributed by atoms with E-state index in [0.29, 0.717) is 0 Å². The second-order valence-electron chi connectivity index (χ2n) is 29.2. The van der Waals surface area contributed by atoms with E-state index >= 15 is 0 Å². The first kappa shape index (κ1) is 47.7. The van der Waals surface area contributed by atoms with E-state index in [2.05, 4.69) is 212 Å². The highest BCUT2D eigenvalue weighted by Gasteiger charge is 2.50. The first-order valence-corrected chi connectivity index (χ1v) is 28.7. The summed E-state index contributed by atoms with van der Waals surface area (Å²) >= 11 is 2.11. The van der Waals surface area contributed by atoms with Crippen LogP contribution in [-0.4, -0.2) is 6.71 Å². The topological polar surface area (TPSA) is 6.48 Å². The molecule has 0 unspecified atom stereocenters. The Morgan fingerprint density at radius 2 is 0.859 bits per heavy atom. The Morgan fingerprint density at radius 3 is 1.38 bits per heavy atom. The molecule has 2 nitrogen and oxygen atoms in total. The fourth-order valence-corrected chi connectivity index (χ4v) is 16.4. The maximum Gasteiger partial charge on any atom is 0.264 e. The van der Waals surface area contributed by atoms with Crippen LogP contribution in [0.2, 0.25) is 0 Å². The summed E-state index contributed by atoms with van der Waals surface area (Å²) in [5.74, 6) is 0. The van der Waals surface area contributed by atoms with Gasteiger partial charge in [0.25, 0.3) is 6.71 Å². The average molecular weight is 959 g/mol. The number of benzene rings is 5. The number of anilines is 6. The lowest BCUT2D eigenvalue weighted by Crippen LogP contribution is -2.61. The van der Waals surface area contributed by atoms with Gasteiger partial charge in [0.05, 0.1) is 5.69 Å². The Labute approximate surface area is 433 Å². The minimum Gasteiger partial charge on any atom is -0.311 e. The second-order valence-corrected chi connectivity index (χ2v) is 30.2. The first-order chi connectivity index (χ1) is 33.0. The van der Waals surface area contributed by atoms with Gasteiger partial charge in [0.1, 0.15) is 0 Å². The summed E-state index contributed by atoms with van der Waals surface area (Å²) in [6.07, 6.45) is 10.6. The molecular formula is C67H83BN2S. The molecule has 2 aliphatic heterocycles. The zero-order chi connectivity index (χ0) is 50.7. The van der Waals surface area contributed by atoms with Crippen LogP contribution in [0.3, 0.4) is 0 Å². The molecule has 0 radical (unpaired) electrons. The SMILES string of the molecule is CCc1cc2c3c(c1)N(c1ccc4c(c1)C(C)(C)CCC4(C)C)c1c(sc4cc5c(cc14)C(C)(C)CCC5(C)C)B3c1cc3c(cc1N2c1cc2c(cc1C)C(C)(C)CCC2(C)C)C(C)(C)CCC3(C)C. The van der Waals surface area contributed by atoms with Crippen LogP contribution in [0.5, 0.6) is 0 Å². The number of fused-ring (bicyclic) bond motifs is 10. The van der Waals surface area contributed by atoms with Crippen molar-refractivity contribution >= 4 is 78.0 Å². The monoisotopic (exact) mass is 959 g/mol. The average Bonchev–Trinajstić information content (AvgIpc) is 3.67. The molecule has 5 aromatic carbocycles. The van der Waals surface area contributed by atoms with Crippen molar-refractivity contribution in [2.75, 3.05) is 9.80 Å². The van der Waals surface area contributed by atoms with Gasteiger partial charge in [-0.2, -0.15) is 0 Å². The number of aryl methyl sites for hydroxylation is 2. The second kappa shape index (κ2) is 14.7. The number of hydrogen-bond donors (Lipinski definition) is 0. The molecule has 0 saturated carbocycles. The van der Waals surface area contributed by atoms with Crippen molar-refractivity contribution in [3.63, 3.8) is 0 Å². The minimum atomic E-state index is 0.0682. The van der Waals surface area contributed by atoms with Crippen molar-refractivity contribution in [3.8, 4) is 0 Å². The van der Waals surface area contributed by atoms with E-state index in [4.69, 9.17) is 0 Å². The lowest BCUT2D eigenvalue weighted by atomic mass is 9.35. The normalized spacial score (nSPS) is 22.6. The van der Waals surface area contributed by atoms with Gasteiger partial charge in [0, 0.05) is 43.3 Å². The molecule has 4 aliphatic carbocycles. The summed E-state index contributed by atoms with van der Waals surface area (Å²) in [4.78, 5) is 5.60. The first-order valence-electron chi connectivity index (χ1n) is 27.9. The van der Waals surface area contributed by atoms with E-state index in [9.17, 15) is 0 Å². The summed E-state index contributed by atoms with van der Waals surface area (Å²) in [5.41, 5.74) is 27.0. The molecule has 3 heterocycles. The predicted octanol–water partition coefficient (Wildman–Crippen LogP) is 17.3. The van der Waals surface area contributed by atoms with Gasteiger partial charge >= 0.3 is 0 Å². The standard InChI is InChI=1S/C67H83BN2S/c1-19-40-31-54-57-55(32-40)70(52-36-48-44(30-39(52)2)61(5,6)24-27-65(48,13)14)53-37-49-47(64(11,12)26-28-66(49,15)16)35-51(53)68(57)59-58(42-34-46-50(38-56(42)71-59)67(17,18)29-25-63(46,9)10)69(54)41-20-21-43-45(33-41)62(7,8)23-22-60(43,3)4/h20-21,30-38H,19,22-29H2,1-18H3. The van der Waals surface area contributed by atoms with Crippen molar-refractivity contribution in [1.82, 2.24) is 0 Å². The number of hydrogen-bond acceptors (Lipinski definition) is 3. The Bertz CT molecular complexity index is 3290. The van der Waals surface area contributed by atoms with Crippen LogP contribution in [0.1, 0.15) is 225 Å². The molecule has 12 rings (SSSR count). The minimum absolute atomic E-state index is 0.0682. The van der Waals surface area contributed by atoms with Gasteiger partial charge in [-0.05, 0) is 223 Å². The Hall–Kier alpha value is -4.28. The quantitative estimate of drug-likeness (QED) is 0.163. The molecule has 4 heteroatoms. The van der Waals surface area contributed by atoms with E-state index in [-0.39, 0.29) is 50.0 Å². The van der Waals surface area contributed by atoms with Gasteiger partial charge in [0.15, 0.2) is 0 Å². The molecule has 0 spiro atoms. The van der Waals surface area contributed by atoms with E-state index in [0.717, 1.165) is 6.42 Å². The summed E-state index contributed by atoms with van der Waals surface area (Å²) < 4.78 is 2.94. The molecule has 71 heavy (non-hydrogen) atoms. The zero-order valence-corrected chi connectivity index (χ0v) is 47.9. The third-order valence-electron chi connectivity index (χ3n) is 20.6. The van der Waals surface area contributed by atoms with Crippen LogP contribution in [0.4, 0.5) is 34.1 Å². The third kappa shape index (κ3) is 6.76. The van der Waals surface area contributed by atoms with Gasteiger partial charge in [-0.15, -0.1) is 11.3 Å². The van der Waals surface area contributed by atoms with Gasteiger partial charge in [0.2, 0.25) is 0 Å². The highest BCUT2D eigenvalue weighted by atomic mass is 32.1. The fraction of sp³-hybridized carbons (Fsp3) is 0.522. The largest absolute Gasteiger partial charge is 0.311 e. The van der Waals surface area contributed by atoms with Crippen LogP contribution >= 0.6 is 11.3 Å². The molecule has 0 N–H and O–H groups in total. The molecular weight excluding hydrogens is 876 g/mol. The van der Waals surface area contributed by atoms with E-state index in [1.165, 1.54) is 150 Å². The zero-order valence-electron chi connectivity index (χ0n) is 47.1. The number of thiophene rings is 1. The molecule has 370 valence electrons. The molecule has 0 saturated heterocycles. The Balaban J connectivity index is 1.24. The van der Waals surface area contributed by atoms with Crippen LogP contribution in [0, 0.1) is 6.92 Å². The maximum atomic E-state index is 2.80. The van der Waals surface area contributed by atoms with Gasteiger partial charge < -0.3 is 9.80 Å². The Kier molecular flexibility index (Phi) is 9.90. The molecule has 0 amide bonds. The summed E-state index contributed by atoms with van der Waals surface area (Å²) in [6, 6.07) is 29.1. The smallest absolute Gasteiger partial charge is 0.264 e. The molecule has 0 atom stereocenters. The fourth-order valence-electron chi connectivity index (χ4n) is 15.1. The summed E-state index contributed by atoms with van der Waals surface area (Å²) in [6.45, 7) is 44.9. The highest BCUT2D eigenvalue weighted by molar-refractivity contribution is 7.33. The maximum absolute atomic E-state index is 2.80. The van der Waals surface area contributed by atoms with Gasteiger partial charge in [-0.1, -0.05) is 136 Å². The summed E-state index contributed by atoms with van der Waals surface area (Å²) in [7, 11) is 0. The van der Waals surface area contributed by atoms with Crippen molar-refractivity contribution in [2.24, 2.45) is 0 Å². The highest BCUT2D eigenvalue weighted by Crippen LogP contribution is 2.57. The number of rotatable bonds is 3. The summed E-state index contributed by atoms with van der Waals surface area (Å²) in [5, 5.41) is 1.43. The number of nitrogens with zero attached hydrogens (tertiary/aromatic N) is 2. The van der Waals surface area contributed by atoms with Crippen molar-refractivity contribution in [1.29, 1.82) is 0 Å². The van der Waals surface area contributed by atoms with Crippen molar-refractivity contribution in [2.45, 2.75) is 226 Å². The molecule has 1 aromatic heterocycles. The van der Waals surface area contributed by atoms with Crippen LogP contribution < -0.4 is 25.5 Å². The molecule has 0 fully saturated rings. The predicted molar refractivity (Wildman–Crippen MR) is 311 cm³/mol. The lowest BCUT2D eigenvalue weighted by Gasteiger charge is -2.48. The van der Waals surface area contributed by atoms with E-state index in [1.54, 1.807) is 16.7 Å². The van der Waals surface area contributed by atoms with Gasteiger partial charge in [-0.25, -0.2) is 0 Å². The van der Waals surface area contributed by atoms with Gasteiger partial charge in [-0.3, -0.25) is 0 Å². The van der Waals surface area contributed by atoms with Crippen molar-refractivity contribution < 1.29 is 0 Å². The van der Waals surface area contributed by atoms with Crippen LogP contribution in [0.25, 0.3) is 10.1 Å². The molecule has 6 aromatic rings. The van der Waals surface area contributed by atoms with Crippen molar-refractivity contribution in [3.05, 3.63) is 122 Å². The molecule has 0 bridgehead atoms. The van der Waals surface area contributed by atoms with E-state index < -0.39 is 0 Å². The van der Waals surface area contributed by atoms with E-state index in [1.807, 2.05) is 0 Å². The third-order valence-corrected chi connectivity index (χ3v) is 21.8. The molecule has 6 aliphatic rings.